The quantitative estimate of drug-likeness (QED) is 0.682. The average Bonchev–Trinajstić information content (AvgIpc) is 2.98. The second-order valence-electron chi connectivity index (χ2n) is 4.40. The molecule has 2 heterocycles. The third-order valence-electron chi connectivity index (χ3n) is 2.92. The van der Waals surface area contributed by atoms with E-state index in [1.54, 1.807) is 12.1 Å². The Morgan fingerprint density at radius 1 is 1.33 bits per heavy atom. The normalized spacial score (nSPS) is 11.9. The zero-order valence-electron chi connectivity index (χ0n) is 11.0. The molecule has 0 radical (unpaired) electrons. The monoisotopic (exact) mass is 342 g/mol. The lowest BCUT2D eigenvalue weighted by Crippen LogP contribution is -1.96. The number of fused-ring (bicyclic) bond motifs is 1. The Bertz CT molecular complexity index is 882. The summed E-state index contributed by atoms with van der Waals surface area (Å²) in [5, 5.41) is 1.92. The van der Waals surface area contributed by atoms with Crippen LogP contribution in [0.5, 0.6) is 11.6 Å². The van der Waals surface area contributed by atoms with Crippen molar-refractivity contribution in [3.8, 4) is 11.6 Å². The van der Waals surface area contributed by atoms with E-state index in [1.807, 2.05) is 16.0 Å². The molecular weight excluding hydrogens is 332 g/mol. The van der Waals surface area contributed by atoms with Crippen molar-refractivity contribution in [2.24, 2.45) is 0 Å². The van der Waals surface area contributed by atoms with Crippen molar-refractivity contribution in [2.45, 2.75) is 10.8 Å². The number of nitrogens with zero attached hydrogens (tertiary/aromatic N) is 2. The van der Waals surface area contributed by atoms with E-state index >= 15 is 0 Å². The molecule has 0 amide bonds. The van der Waals surface area contributed by atoms with Crippen LogP contribution in [0.4, 0.5) is 0 Å². The number of alkyl halides is 1. The molecule has 0 fully saturated rings. The zero-order chi connectivity index (χ0) is 15.0. The molecule has 8 heteroatoms. The molecular formula is C13H11ClN2O3S2. The van der Waals surface area contributed by atoms with Gasteiger partial charge < -0.3 is 4.74 Å². The van der Waals surface area contributed by atoms with Gasteiger partial charge >= 0.3 is 0 Å². The Hall–Kier alpha value is -1.57. The summed E-state index contributed by atoms with van der Waals surface area (Å²) in [5.74, 6) is 1.22. The summed E-state index contributed by atoms with van der Waals surface area (Å²) >= 11 is 7.43. The molecule has 0 aliphatic rings. The fourth-order valence-corrected chi connectivity index (χ4v) is 3.48. The summed E-state index contributed by atoms with van der Waals surface area (Å²) in [7, 11) is -3.21. The molecule has 0 aliphatic carbocycles. The lowest BCUT2D eigenvalue weighted by atomic mass is 10.3. The number of aromatic nitrogens is 2. The van der Waals surface area contributed by atoms with Crippen LogP contribution >= 0.6 is 22.9 Å². The maximum atomic E-state index is 11.4. The van der Waals surface area contributed by atoms with Crippen LogP contribution in [0.3, 0.4) is 0 Å². The first-order chi connectivity index (χ1) is 9.99. The summed E-state index contributed by atoms with van der Waals surface area (Å²) in [6, 6.07) is 6.20. The second kappa shape index (κ2) is 5.32. The highest BCUT2D eigenvalue weighted by Crippen LogP contribution is 2.29. The van der Waals surface area contributed by atoms with Gasteiger partial charge in [-0.3, -0.25) is 4.40 Å². The van der Waals surface area contributed by atoms with Gasteiger partial charge in [-0.2, -0.15) is 4.98 Å². The van der Waals surface area contributed by atoms with E-state index in [4.69, 9.17) is 16.3 Å². The van der Waals surface area contributed by atoms with Crippen molar-refractivity contribution < 1.29 is 13.2 Å². The summed E-state index contributed by atoms with van der Waals surface area (Å²) in [5.41, 5.74) is 0.764. The van der Waals surface area contributed by atoms with Crippen LogP contribution in [0.2, 0.25) is 0 Å². The summed E-state index contributed by atoms with van der Waals surface area (Å²) in [6.45, 7) is 0. The highest BCUT2D eigenvalue weighted by Gasteiger charge is 2.14. The predicted molar refractivity (Wildman–Crippen MR) is 82.3 cm³/mol. The molecule has 0 atom stereocenters. The van der Waals surface area contributed by atoms with Crippen molar-refractivity contribution >= 4 is 37.7 Å². The molecule has 1 aromatic carbocycles. The Morgan fingerprint density at radius 2 is 2.05 bits per heavy atom. The third kappa shape index (κ3) is 2.76. The van der Waals surface area contributed by atoms with Crippen LogP contribution < -0.4 is 4.74 Å². The van der Waals surface area contributed by atoms with Crippen LogP contribution in [-0.4, -0.2) is 24.1 Å². The minimum Gasteiger partial charge on any atom is -0.437 e. The molecule has 0 N–H and O–H groups in total. The van der Waals surface area contributed by atoms with Crippen LogP contribution in [0.25, 0.3) is 4.96 Å². The van der Waals surface area contributed by atoms with Gasteiger partial charge in [0.2, 0.25) is 5.88 Å². The Balaban J connectivity index is 1.93. The number of benzene rings is 1. The smallest absolute Gasteiger partial charge is 0.243 e. The first kappa shape index (κ1) is 14.4. The Kier molecular flexibility index (Phi) is 3.64. The largest absolute Gasteiger partial charge is 0.437 e. The van der Waals surface area contributed by atoms with Gasteiger partial charge in [0.25, 0.3) is 0 Å². The fraction of sp³-hybridized carbons (Fsp3) is 0.154. The molecule has 0 unspecified atom stereocenters. The van der Waals surface area contributed by atoms with Crippen LogP contribution in [-0.2, 0) is 15.7 Å². The number of hydrogen-bond acceptors (Lipinski definition) is 5. The van der Waals surface area contributed by atoms with Crippen LogP contribution in [0.1, 0.15) is 5.69 Å². The SMILES string of the molecule is CS(=O)(=O)c1ccc(Oc2nc3sccn3c2CCl)cc1. The summed E-state index contributed by atoms with van der Waals surface area (Å²) in [4.78, 5) is 5.41. The third-order valence-corrected chi connectivity index (χ3v) is 5.06. The van der Waals surface area contributed by atoms with Crippen LogP contribution in [0, 0.1) is 0 Å². The van der Waals surface area contributed by atoms with E-state index in [0.717, 1.165) is 16.9 Å². The topological polar surface area (TPSA) is 60.7 Å². The predicted octanol–water partition coefficient (Wildman–Crippen LogP) is 3.33. The first-order valence-corrected chi connectivity index (χ1v) is 9.28. The summed E-state index contributed by atoms with van der Waals surface area (Å²) < 4.78 is 30.4. The maximum Gasteiger partial charge on any atom is 0.243 e. The number of halogens is 1. The molecule has 3 aromatic rings. The van der Waals surface area contributed by atoms with Crippen LogP contribution in [0.15, 0.2) is 40.7 Å². The number of rotatable bonds is 4. The fourth-order valence-electron chi connectivity index (χ4n) is 1.88. The molecule has 110 valence electrons. The van der Waals surface area contributed by atoms with Gasteiger partial charge in [0.15, 0.2) is 14.8 Å². The number of sulfone groups is 1. The highest BCUT2D eigenvalue weighted by molar-refractivity contribution is 7.90. The van der Waals surface area contributed by atoms with Crippen molar-refractivity contribution in [1.82, 2.24) is 9.38 Å². The number of ether oxygens (including phenoxy) is 1. The number of thiazole rings is 1. The molecule has 0 saturated heterocycles. The van der Waals surface area contributed by atoms with Gasteiger partial charge in [-0.25, -0.2) is 8.42 Å². The van der Waals surface area contributed by atoms with Gasteiger partial charge in [0, 0.05) is 17.8 Å². The van der Waals surface area contributed by atoms with Gasteiger partial charge in [0.1, 0.15) is 11.4 Å². The van der Waals surface area contributed by atoms with Gasteiger partial charge in [-0.05, 0) is 24.3 Å². The van der Waals surface area contributed by atoms with E-state index < -0.39 is 9.84 Å². The Labute approximate surface area is 130 Å². The molecule has 0 saturated carbocycles. The molecule has 0 bridgehead atoms. The van der Waals surface area contributed by atoms with Crippen molar-refractivity contribution in [3.63, 3.8) is 0 Å². The standard InChI is InChI=1S/C13H11ClN2O3S2/c1-21(17,18)10-4-2-9(3-5-10)19-12-11(8-14)16-6-7-20-13(16)15-12/h2-7H,8H2,1H3. The first-order valence-electron chi connectivity index (χ1n) is 5.97. The van der Waals surface area contributed by atoms with Crippen molar-refractivity contribution in [1.29, 1.82) is 0 Å². The van der Waals surface area contributed by atoms with Gasteiger partial charge in [0.05, 0.1) is 10.8 Å². The second-order valence-corrected chi connectivity index (χ2v) is 7.55. The van der Waals surface area contributed by atoms with Gasteiger partial charge in [-0.1, -0.05) is 0 Å². The summed E-state index contributed by atoms with van der Waals surface area (Å²) in [6.07, 6.45) is 3.04. The van der Waals surface area contributed by atoms with E-state index in [9.17, 15) is 8.42 Å². The van der Waals surface area contributed by atoms with E-state index in [0.29, 0.717) is 11.6 Å². The molecule has 3 rings (SSSR count). The average molecular weight is 343 g/mol. The van der Waals surface area contributed by atoms with Crippen molar-refractivity contribution in [2.75, 3.05) is 6.26 Å². The van der Waals surface area contributed by atoms with E-state index in [-0.39, 0.29) is 10.8 Å². The number of hydrogen-bond donors (Lipinski definition) is 0. The molecule has 2 aromatic heterocycles. The molecule has 0 aliphatic heterocycles. The lowest BCUT2D eigenvalue weighted by Gasteiger charge is -2.05. The van der Waals surface area contributed by atoms with Crippen molar-refractivity contribution in [3.05, 3.63) is 41.5 Å². The highest BCUT2D eigenvalue weighted by atomic mass is 35.5. The minimum absolute atomic E-state index is 0.248. The van der Waals surface area contributed by atoms with E-state index in [1.165, 1.54) is 23.5 Å². The maximum absolute atomic E-state index is 11.4. The van der Waals surface area contributed by atoms with E-state index in [2.05, 4.69) is 4.98 Å². The zero-order valence-corrected chi connectivity index (χ0v) is 13.4. The Morgan fingerprint density at radius 3 is 2.67 bits per heavy atom. The molecule has 5 nitrogen and oxygen atoms in total. The molecule has 0 spiro atoms. The lowest BCUT2D eigenvalue weighted by molar-refractivity contribution is 0.461. The molecule has 21 heavy (non-hydrogen) atoms. The van der Waals surface area contributed by atoms with Gasteiger partial charge in [-0.15, -0.1) is 22.9 Å². The number of imidazole rings is 1. The minimum atomic E-state index is -3.21.